The zero-order chi connectivity index (χ0) is 10.3. The van der Waals surface area contributed by atoms with Gasteiger partial charge in [0.25, 0.3) is 0 Å². The molecule has 1 amide bonds. The number of piperidine rings is 1. The van der Waals surface area contributed by atoms with Gasteiger partial charge in [0.15, 0.2) is 0 Å². The van der Waals surface area contributed by atoms with E-state index in [9.17, 15) is 4.79 Å². The van der Waals surface area contributed by atoms with Gasteiger partial charge in [-0.2, -0.15) is 0 Å². The summed E-state index contributed by atoms with van der Waals surface area (Å²) >= 11 is 0. The Morgan fingerprint density at radius 3 is 2.23 bits per heavy atom. The second-order valence-corrected chi connectivity index (χ2v) is 3.28. The SMILES string of the molecule is CC.CC(=O)NC1CCN(C)CC1.[HH]. The van der Waals surface area contributed by atoms with Crippen LogP contribution < -0.4 is 5.32 Å². The number of hydrogen-bond donors (Lipinski definition) is 1. The van der Waals surface area contributed by atoms with Crippen molar-refractivity contribution in [3.63, 3.8) is 0 Å². The summed E-state index contributed by atoms with van der Waals surface area (Å²) in [5, 5.41) is 2.94. The summed E-state index contributed by atoms with van der Waals surface area (Å²) in [6.45, 7) is 7.79. The molecule has 0 spiro atoms. The molecule has 1 rings (SSSR count). The van der Waals surface area contributed by atoms with E-state index in [1.165, 1.54) is 0 Å². The van der Waals surface area contributed by atoms with Crippen LogP contribution in [0.1, 0.15) is 35.0 Å². The third kappa shape index (κ3) is 5.64. The molecular formula is C10H24N2O. The van der Waals surface area contributed by atoms with Crippen molar-refractivity contribution in [1.82, 2.24) is 10.2 Å². The van der Waals surface area contributed by atoms with Gasteiger partial charge in [0.05, 0.1) is 0 Å². The molecule has 13 heavy (non-hydrogen) atoms. The molecule has 80 valence electrons. The van der Waals surface area contributed by atoms with Crippen molar-refractivity contribution in [2.75, 3.05) is 20.1 Å². The molecule has 1 fully saturated rings. The first-order valence-electron chi connectivity index (χ1n) is 5.14. The third-order valence-corrected chi connectivity index (χ3v) is 2.13. The van der Waals surface area contributed by atoms with Crippen molar-refractivity contribution in [2.45, 2.75) is 39.7 Å². The highest BCUT2D eigenvalue weighted by Gasteiger charge is 2.16. The van der Waals surface area contributed by atoms with Gasteiger partial charge in [-0.15, -0.1) is 0 Å². The van der Waals surface area contributed by atoms with Gasteiger partial charge in [-0.1, -0.05) is 13.8 Å². The Balaban J connectivity index is 0. The van der Waals surface area contributed by atoms with Crippen LogP contribution in [0.15, 0.2) is 0 Å². The Morgan fingerprint density at radius 1 is 1.38 bits per heavy atom. The molecule has 1 aliphatic heterocycles. The van der Waals surface area contributed by atoms with Crippen LogP contribution in [0.5, 0.6) is 0 Å². The van der Waals surface area contributed by atoms with E-state index >= 15 is 0 Å². The van der Waals surface area contributed by atoms with Crippen LogP contribution in [0, 0.1) is 0 Å². The van der Waals surface area contributed by atoms with Crippen LogP contribution in [0.4, 0.5) is 0 Å². The van der Waals surface area contributed by atoms with Gasteiger partial charge in [0.2, 0.25) is 5.91 Å². The lowest BCUT2D eigenvalue weighted by Crippen LogP contribution is -2.42. The number of nitrogens with one attached hydrogen (secondary N) is 1. The fourth-order valence-corrected chi connectivity index (χ4v) is 1.44. The molecular weight excluding hydrogens is 164 g/mol. The van der Waals surface area contributed by atoms with E-state index in [2.05, 4.69) is 17.3 Å². The zero-order valence-corrected chi connectivity index (χ0v) is 9.26. The Hall–Kier alpha value is -0.570. The van der Waals surface area contributed by atoms with Gasteiger partial charge >= 0.3 is 0 Å². The van der Waals surface area contributed by atoms with Crippen molar-refractivity contribution >= 4 is 5.91 Å². The number of carbonyl (C=O) groups is 1. The van der Waals surface area contributed by atoms with Gasteiger partial charge in [-0.05, 0) is 33.0 Å². The topological polar surface area (TPSA) is 32.3 Å². The maximum Gasteiger partial charge on any atom is 0.217 e. The predicted molar refractivity (Wildman–Crippen MR) is 57.8 cm³/mol. The Labute approximate surface area is 83.0 Å². The Kier molecular flexibility index (Phi) is 6.59. The van der Waals surface area contributed by atoms with Gasteiger partial charge in [-0.3, -0.25) is 4.79 Å². The third-order valence-electron chi connectivity index (χ3n) is 2.13. The summed E-state index contributed by atoms with van der Waals surface area (Å²) in [5.74, 6) is 0.0968. The van der Waals surface area contributed by atoms with E-state index < -0.39 is 0 Å². The Bertz CT molecular complexity index is 145. The van der Waals surface area contributed by atoms with Crippen LogP contribution in [-0.2, 0) is 4.79 Å². The minimum atomic E-state index is 0. The maximum atomic E-state index is 10.7. The number of hydrogen-bond acceptors (Lipinski definition) is 2. The summed E-state index contributed by atoms with van der Waals surface area (Å²) in [6.07, 6.45) is 2.19. The summed E-state index contributed by atoms with van der Waals surface area (Å²) in [5.41, 5.74) is 0. The fraction of sp³-hybridized carbons (Fsp3) is 0.900. The second-order valence-electron chi connectivity index (χ2n) is 3.28. The smallest absolute Gasteiger partial charge is 0.217 e. The van der Waals surface area contributed by atoms with E-state index in [-0.39, 0.29) is 7.33 Å². The quantitative estimate of drug-likeness (QED) is 0.676. The average Bonchev–Trinajstić information content (AvgIpc) is 2.12. The standard InChI is InChI=1S/C8H16N2O.C2H6.H2/c1-7(11)9-8-3-5-10(2)6-4-8;1-2;/h8H,3-6H2,1-2H3,(H,9,11);1-2H3;1H. The largest absolute Gasteiger partial charge is 0.354 e. The number of carbonyl (C=O) groups excluding carboxylic acids is 1. The molecule has 0 atom stereocenters. The van der Waals surface area contributed by atoms with Crippen LogP contribution in [0.2, 0.25) is 0 Å². The minimum absolute atomic E-state index is 0. The van der Waals surface area contributed by atoms with Crippen molar-refractivity contribution in [1.29, 1.82) is 0 Å². The van der Waals surface area contributed by atoms with Crippen LogP contribution in [0.3, 0.4) is 0 Å². The summed E-state index contributed by atoms with van der Waals surface area (Å²) < 4.78 is 0. The van der Waals surface area contributed by atoms with E-state index in [1.54, 1.807) is 6.92 Å². The van der Waals surface area contributed by atoms with Crippen LogP contribution in [0.25, 0.3) is 0 Å². The normalized spacial score (nSPS) is 18.8. The number of likely N-dealkylation sites (tertiary alicyclic amines) is 1. The molecule has 0 bridgehead atoms. The highest BCUT2D eigenvalue weighted by atomic mass is 16.1. The van der Waals surface area contributed by atoms with Gasteiger partial charge in [-0.25, -0.2) is 0 Å². The average molecular weight is 188 g/mol. The second kappa shape index (κ2) is 6.89. The van der Waals surface area contributed by atoms with E-state index in [4.69, 9.17) is 0 Å². The lowest BCUT2D eigenvalue weighted by Gasteiger charge is -2.29. The number of rotatable bonds is 1. The maximum absolute atomic E-state index is 10.7. The minimum Gasteiger partial charge on any atom is -0.354 e. The van der Waals surface area contributed by atoms with E-state index in [0.29, 0.717) is 6.04 Å². The molecule has 0 aromatic heterocycles. The molecule has 3 nitrogen and oxygen atoms in total. The molecule has 1 aliphatic rings. The summed E-state index contributed by atoms with van der Waals surface area (Å²) in [7, 11) is 2.12. The summed E-state index contributed by atoms with van der Waals surface area (Å²) in [4.78, 5) is 13.0. The van der Waals surface area contributed by atoms with Gasteiger partial charge in [0, 0.05) is 14.4 Å². The first-order chi connectivity index (χ1) is 6.18. The van der Waals surface area contributed by atoms with Crippen molar-refractivity contribution in [2.24, 2.45) is 0 Å². The molecule has 0 aromatic carbocycles. The predicted octanol–water partition coefficient (Wildman–Crippen LogP) is 1.49. The molecule has 1 heterocycles. The molecule has 1 saturated heterocycles. The van der Waals surface area contributed by atoms with Gasteiger partial charge in [0.1, 0.15) is 0 Å². The molecule has 0 aromatic rings. The van der Waals surface area contributed by atoms with E-state index in [1.807, 2.05) is 13.8 Å². The highest BCUT2D eigenvalue weighted by molar-refractivity contribution is 5.73. The van der Waals surface area contributed by atoms with Crippen molar-refractivity contribution < 1.29 is 6.22 Å². The lowest BCUT2D eigenvalue weighted by molar-refractivity contribution is -0.119. The van der Waals surface area contributed by atoms with E-state index in [0.717, 1.165) is 25.9 Å². The highest BCUT2D eigenvalue weighted by Crippen LogP contribution is 2.07. The fourth-order valence-electron chi connectivity index (χ4n) is 1.44. The molecule has 0 saturated carbocycles. The molecule has 3 heteroatoms. The summed E-state index contributed by atoms with van der Waals surface area (Å²) in [6, 6.07) is 0.420. The molecule has 0 unspecified atom stereocenters. The molecule has 0 aliphatic carbocycles. The number of nitrogens with zero attached hydrogens (tertiary/aromatic N) is 1. The molecule has 1 N–H and O–H groups in total. The number of amides is 1. The van der Waals surface area contributed by atoms with Crippen molar-refractivity contribution in [3.8, 4) is 0 Å². The molecule has 0 radical (unpaired) electrons. The first kappa shape index (κ1) is 12.4. The Morgan fingerprint density at radius 2 is 1.85 bits per heavy atom. The van der Waals surface area contributed by atoms with Gasteiger partial charge < -0.3 is 10.2 Å². The van der Waals surface area contributed by atoms with Crippen LogP contribution in [-0.4, -0.2) is 37.0 Å². The first-order valence-corrected chi connectivity index (χ1v) is 5.14. The zero-order valence-electron chi connectivity index (χ0n) is 9.26. The monoisotopic (exact) mass is 188 g/mol. The van der Waals surface area contributed by atoms with Crippen molar-refractivity contribution in [3.05, 3.63) is 0 Å². The van der Waals surface area contributed by atoms with Crippen LogP contribution >= 0.6 is 0 Å². The lowest BCUT2D eigenvalue weighted by atomic mass is 10.1.